The molecule has 0 bridgehead atoms. The van der Waals surface area contributed by atoms with Gasteiger partial charge in [0.05, 0.1) is 11.3 Å². The molecule has 0 aromatic carbocycles. The van der Waals surface area contributed by atoms with Crippen LogP contribution in [0.2, 0.25) is 0 Å². The van der Waals surface area contributed by atoms with Crippen molar-refractivity contribution in [1.82, 2.24) is 9.88 Å². The van der Waals surface area contributed by atoms with Gasteiger partial charge in [-0.1, -0.05) is 6.42 Å². The highest BCUT2D eigenvalue weighted by molar-refractivity contribution is 5.98. The number of pyridine rings is 1. The zero-order chi connectivity index (χ0) is 16.2. The van der Waals surface area contributed by atoms with Gasteiger partial charge in [0.25, 0.3) is 5.91 Å². The van der Waals surface area contributed by atoms with E-state index in [0.717, 1.165) is 18.8 Å². The van der Waals surface area contributed by atoms with Crippen molar-refractivity contribution in [2.24, 2.45) is 11.7 Å². The number of carbonyl (C=O) groups is 1. The summed E-state index contributed by atoms with van der Waals surface area (Å²) in [6.45, 7) is 6.77. The summed E-state index contributed by atoms with van der Waals surface area (Å²) in [5.74, 6) is 0.276. The Morgan fingerprint density at radius 2 is 2.17 bits per heavy atom. The fourth-order valence-electron chi connectivity index (χ4n) is 4.05. The number of nitrogens with zero attached hydrogens (tertiary/aromatic N) is 3. The van der Waals surface area contributed by atoms with Crippen LogP contribution in [-0.2, 0) is 0 Å². The molecule has 2 saturated heterocycles. The van der Waals surface area contributed by atoms with E-state index in [4.69, 9.17) is 5.73 Å². The molecule has 0 radical (unpaired) electrons. The largest absolute Gasteiger partial charge is 0.370 e. The van der Waals surface area contributed by atoms with Gasteiger partial charge in [0.15, 0.2) is 0 Å². The maximum absolute atomic E-state index is 11.7. The fraction of sp³-hybridized carbons (Fsp3) is 0.667. The van der Waals surface area contributed by atoms with E-state index < -0.39 is 0 Å². The van der Waals surface area contributed by atoms with Crippen molar-refractivity contribution in [1.29, 1.82) is 0 Å². The van der Waals surface area contributed by atoms with Gasteiger partial charge in [-0.3, -0.25) is 9.78 Å². The lowest BCUT2D eigenvalue weighted by Crippen LogP contribution is -2.45. The number of rotatable bonds is 4. The number of hydrogen-bond donors (Lipinski definition) is 1. The topological polar surface area (TPSA) is 62.5 Å². The average Bonchev–Trinajstić information content (AvgIpc) is 2.57. The van der Waals surface area contributed by atoms with E-state index in [0.29, 0.717) is 17.5 Å². The summed E-state index contributed by atoms with van der Waals surface area (Å²) in [7, 11) is 0. The number of carbonyl (C=O) groups excluding carboxylic acids is 1. The van der Waals surface area contributed by atoms with E-state index >= 15 is 0 Å². The lowest BCUT2D eigenvalue weighted by atomic mass is 9.94. The Balaban J connectivity index is 1.67. The Morgan fingerprint density at radius 3 is 2.96 bits per heavy atom. The van der Waals surface area contributed by atoms with Gasteiger partial charge in [-0.25, -0.2) is 0 Å². The van der Waals surface area contributed by atoms with Crippen LogP contribution in [0.1, 0.15) is 49.4 Å². The Bertz CT molecular complexity index is 548. The van der Waals surface area contributed by atoms with Crippen LogP contribution >= 0.6 is 0 Å². The van der Waals surface area contributed by atoms with Gasteiger partial charge in [0.1, 0.15) is 0 Å². The monoisotopic (exact) mass is 316 g/mol. The Kier molecular flexibility index (Phi) is 5.16. The molecule has 2 aliphatic rings. The molecule has 2 fully saturated rings. The minimum Gasteiger partial charge on any atom is -0.370 e. The number of piperidine rings is 2. The van der Waals surface area contributed by atoms with Crippen LogP contribution in [0.5, 0.6) is 0 Å². The average molecular weight is 316 g/mol. The minimum absolute atomic E-state index is 0.389. The molecule has 5 heteroatoms. The SMILES string of the molecule is CC1CCCCN1CC1CCCN(c2ccncc2C(N)=O)C1. The lowest BCUT2D eigenvalue weighted by molar-refractivity contribution is 0.1000. The molecule has 0 saturated carbocycles. The van der Waals surface area contributed by atoms with Crippen molar-refractivity contribution in [3.8, 4) is 0 Å². The first kappa shape index (κ1) is 16.2. The molecule has 2 unspecified atom stereocenters. The second-order valence-electron chi connectivity index (χ2n) is 7.05. The molecular formula is C18H28N4O. The summed E-state index contributed by atoms with van der Waals surface area (Å²) in [5.41, 5.74) is 7.00. The first-order valence-corrected chi connectivity index (χ1v) is 8.88. The highest BCUT2D eigenvalue weighted by atomic mass is 16.1. The van der Waals surface area contributed by atoms with E-state index in [-0.39, 0.29) is 5.91 Å². The third-order valence-electron chi connectivity index (χ3n) is 5.36. The molecule has 1 aromatic rings. The summed E-state index contributed by atoms with van der Waals surface area (Å²) in [5, 5.41) is 0. The van der Waals surface area contributed by atoms with Crippen molar-refractivity contribution in [2.75, 3.05) is 31.1 Å². The van der Waals surface area contributed by atoms with Gasteiger partial charge in [-0.05, 0) is 51.1 Å². The normalized spacial score (nSPS) is 26.2. The van der Waals surface area contributed by atoms with Crippen molar-refractivity contribution < 1.29 is 4.79 Å². The molecule has 23 heavy (non-hydrogen) atoms. The zero-order valence-electron chi connectivity index (χ0n) is 14.1. The molecule has 3 heterocycles. The molecule has 2 N–H and O–H groups in total. The summed E-state index contributed by atoms with van der Waals surface area (Å²) in [4.78, 5) is 20.7. The second-order valence-corrected chi connectivity index (χ2v) is 7.05. The number of nitrogens with two attached hydrogens (primary N) is 1. The van der Waals surface area contributed by atoms with Gasteiger partial charge >= 0.3 is 0 Å². The van der Waals surface area contributed by atoms with Gasteiger partial charge in [-0.2, -0.15) is 0 Å². The number of hydrogen-bond acceptors (Lipinski definition) is 4. The number of primary amides is 1. The van der Waals surface area contributed by atoms with Crippen molar-refractivity contribution >= 4 is 11.6 Å². The molecule has 0 aliphatic carbocycles. The smallest absolute Gasteiger partial charge is 0.252 e. The maximum Gasteiger partial charge on any atom is 0.252 e. The molecule has 1 aromatic heterocycles. The molecular weight excluding hydrogens is 288 g/mol. The van der Waals surface area contributed by atoms with Gasteiger partial charge < -0.3 is 15.5 Å². The number of likely N-dealkylation sites (tertiary alicyclic amines) is 1. The van der Waals surface area contributed by atoms with Crippen molar-refractivity contribution in [3.05, 3.63) is 24.0 Å². The molecule has 2 atom stereocenters. The number of anilines is 1. The number of amides is 1. The summed E-state index contributed by atoms with van der Waals surface area (Å²) >= 11 is 0. The van der Waals surface area contributed by atoms with Crippen LogP contribution in [0.3, 0.4) is 0 Å². The molecule has 3 rings (SSSR count). The summed E-state index contributed by atoms with van der Waals surface area (Å²) in [6, 6.07) is 2.63. The van der Waals surface area contributed by atoms with Crippen molar-refractivity contribution in [2.45, 2.75) is 45.1 Å². The van der Waals surface area contributed by atoms with Crippen LogP contribution in [0.4, 0.5) is 5.69 Å². The third-order valence-corrected chi connectivity index (χ3v) is 5.36. The van der Waals surface area contributed by atoms with E-state index in [2.05, 4.69) is 21.7 Å². The Morgan fingerprint density at radius 1 is 1.30 bits per heavy atom. The Labute approximate surface area is 138 Å². The highest BCUT2D eigenvalue weighted by Crippen LogP contribution is 2.27. The van der Waals surface area contributed by atoms with E-state index in [1.807, 2.05) is 6.07 Å². The van der Waals surface area contributed by atoms with Crippen molar-refractivity contribution in [3.63, 3.8) is 0 Å². The van der Waals surface area contributed by atoms with Gasteiger partial charge in [-0.15, -0.1) is 0 Å². The third kappa shape index (κ3) is 3.83. The van der Waals surface area contributed by atoms with Crippen LogP contribution in [-0.4, -0.2) is 48.0 Å². The molecule has 2 aliphatic heterocycles. The minimum atomic E-state index is -0.389. The van der Waals surface area contributed by atoms with E-state index in [9.17, 15) is 4.79 Å². The molecule has 5 nitrogen and oxygen atoms in total. The quantitative estimate of drug-likeness (QED) is 0.925. The summed E-state index contributed by atoms with van der Waals surface area (Å²) in [6.07, 6.45) is 9.81. The fourth-order valence-corrected chi connectivity index (χ4v) is 4.05. The van der Waals surface area contributed by atoms with Crippen LogP contribution in [0, 0.1) is 5.92 Å². The number of aromatic nitrogens is 1. The molecule has 126 valence electrons. The maximum atomic E-state index is 11.7. The van der Waals surface area contributed by atoms with Gasteiger partial charge in [0.2, 0.25) is 0 Å². The van der Waals surface area contributed by atoms with E-state index in [1.54, 1.807) is 12.4 Å². The lowest BCUT2D eigenvalue weighted by Gasteiger charge is -2.40. The predicted octanol–water partition coefficient (Wildman–Crippen LogP) is 2.27. The Hall–Kier alpha value is -1.62. The standard InChI is InChI=1S/C18H28N4O/c1-14-5-2-3-9-21(14)12-15-6-4-10-22(13-15)17-7-8-20-11-16(17)18(19)23/h7-8,11,14-15H,2-6,9-10,12-13H2,1H3,(H2,19,23). The van der Waals surface area contributed by atoms with E-state index in [1.165, 1.54) is 45.2 Å². The van der Waals surface area contributed by atoms with Crippen LogP contribution in [0.25, 0.3) is 0 Å². The molecule has 1 amide bonds. The first-order valence-electron chi connectivity index (χ1n) is 8.88. The highest BCUT2D eigenvalue weighted by Gasteiger charge is 2.27. The first-order chi connectivity index (χ1) is 11.1. The summed E-state index contributed by atoms with van der Waals surface area (Å²) < 4.78 is 0. The second kappa shape index (κ2) is 7.30. The van der Waals surface area contributed by atoms with Crippen LogP contribution in [0.15, 0.2) is 18.5 Å². The zero-order valence-corrected chi connectivity index (χ0v) is 14.1. The van der Waals surface area contributed by atoms with Crippen LogP contribution < -0.4 is 10.6 Å². The predicted molar refractivity (Wildman–Crippen MR) is 92.6 cm³/mol. The molecule has 0 spiro atoms. The van der Waals surface area contributed by atoms with Gasteiger partial charge in [0, 0.05) is 38.1 Å².